The minimum atomic E-state index is 0.483. The van der Waals surface area contributed by atoms with Crippen LogP contribution in [-0.2, 0) is 17.6 Å². The Bertz CT molecular complexity index is 663. The number of aryl methyl sites for hydroxylation is 2. The van der Waals surface area contributed by atoms with E-state index in [1.54, 1.807) is 0 Å². The van der Waals surface area contributed by atoms with Crippen molar-refractivity contribution in [2.45, 2.75) is 57.5 Å². The number of pyridine rings is 1. The Morgan fingerprint density at radius 1 is 1.17 bits per heavy atom. The summed E-state index contributed by atoms with van der Waals surface area (Å²) in [5.41, 5.74) is 5.13. The molecule has 0 spiro atoms. The smallest absolute Gasteiger partial charge is 0.0758 e. The number of nitrogens with one attached hydrogen (secondary N) is 1. The number of hydrogen-bond donors (Lipinski definition) is 1. The summed E-state index contributed by atoms with van der Waals surface area (Å²) in [5, 5.41) is 8.40. The van der Waals surface area contributed by atoms with E-state index in [1.165, 1.54) is 22.6 Å². The molecule has 4 rings (SSSR count). The van der Waals surface area contributed by atoms with Crippen molar-refractivity contribution in [2.24, 2.45) is 0 Å². The van der Waals surface area contributed by atoms with Gasteiger partial charge in [-0.25, -0.2) is 0 Å². The van der Waals surface area contributed by atoms with E-state index < -0.39 is 0 Å². The molecular weight excluding hydrogens is 300 g/mol. The van der Waals surface area contributed by atoms with E-state index in [1.807, 2.05) is 12.4 Å². The Hall–Kier alpha value is -1.88. The molecule has 0 aromatic carbocycles. The second kappa shape index (κ2) is 6.93. The predicted molar refractivity (Wildman–Crippen MR) is 94.3 cm³/mol. The van der Waals surface area contributed by atoms with Crippen LogP contribution in [0.5, 0.6) is 0 Å². The van der Waals surface area contributed by atoms with Gasteiger partial charge in [0.15, 0.2) is 0 Å². The standard InChI is InChI=1S/C19H26N4O/c1-14-19(13-21-23(14)17-8-11-24-12-9-17)22-16-5-4-15-3-2-10-20-18(15)7-6-16/h2-3,10,13,16-17,22H,4-9,11-12H2,1H3. The molecule has 1 fully saturated rings. The van der Waals surface area contributed by atoms with E-state index in [0.29, 0.717) is 12.1 Å². The van der Waals surface area contributed by atoms with Crippen molar-refractivity contribution in [1.82, 2.24) is 14.8 Å². The average molecular weight is 326 g/mol. The van der Waals surface area contributed by atoms with Crippen LogP contribution < -0.4 is 5.32 Å². The van der Waals surface area contributed by atoms with Gasteiger partial charge in [-0.3, -0.25) is 9.67 Å². The monoisotopic (exact) mass is 326 g/mol. The first-order chi connectivity index (χ1) is 11.8. The van der Waals surface area contributed by atoms with Crippen LogP contribution in [0.3, 0.4) is 0 Å². The summed E-state index contributed by atoms with van der Waals surface area (Å²) < 4.78 is 7.66. The molecule has 2 aromatic heterocycles. The van der Waals surface area contributed by atoms with Gasteiger partial charge >= 0.3 is 0 Å². The molecule has 1 N–H and O–H groups in total. The third-order valence-corrected chi connectivity index (χ3v) is 5.42. The first-order valence-corrected chi connectivity index (χ1v) is 9.12. The fraction of sp³-hybridized carbons (Fsp3) is 0.579. The summed E-state index contributed by atoms with van der Waals surface area (Å²) in [4.78, 5) is 4.55. The van der Waals surface area contributed by atoms with Gasteiger partial charge in [0.05, 0.1) is 23.6 Å². The van der Waals surface area contributed by atoms with Crippen molar-refractivity contribution < 1.29 is 4.74 Å². The molecule has 0 saturated carbocycles. The second-order valence-electron chi connectivity index (χ2n) is 6.96. The Morgan fingerprint density at radius 3 is 2.88 bits per heavy atom. The lowest BCUT2D eigenvalue weighted by Gasteiger charge is -2.24. The van der Waals surface area contributed by atoms with Gasteiger partial charge in [-0.1, -0.05) is 6.07 Å². The maximum Gasteiger partial charge on any atom is 0.0758 e. The number of anilines is 1. The molecule has 0 amide bonds. The zero-order valence-electron chi connectivity index (χ0n) is 14.4. The van der Waals surface area contributed by atoms with Crippen molar-refractivity contribution >= 4 is 5.69 Å². The highest BCUT2D eigenvalue weighted by molar-refractivity contribution is 5.47. The average Bonchev–Trinajstić information content (AvgIpc) is 2.86. The van der Waals surface area contributed by atoms with Crippen LogP contribution >= 0.6 is 0 Å². The van der Waals surface area contributed by atoms with Crippen LogP contribution in [0.4, 0.5) is 5.69 Å². The number of fused-ring (bicyclic) bond motifs is 1. The van der Waals surface area contributed by atoms with Gasteiger partial charge in [0.2, 0.25) is 0 Å². The minimum Gasteiger partial charge on any atom is -0.381 e. The molecule has 5 heteroatoms. The van der Waals surface area contributed by atoms with Crippen molar-refractivity contribution in [1.29, 1.82) is 0 Å². The largest absolute Gasteiger partial charge is 0.381 e. The quantitative estimate of drug-likeness (QED) is 0.879. The predicted octanol–water partition coefficient (Wildman–Crippen LogP) is 3.30. The van der Waals surface area contributed by atoms with Crippen LogP contribution in [0.1, 0.15) is 48.7 Å². The van der Waals surface area contributed by atoms with Crippen molar-refractivity contribution in [3.8, 4) is 0 Å². The van der Waals surface area contributed by atoms with Gasteiger partial charge in [-0.05, 0) is 57.1 Å². The van der Waals surface area contributed by atoms with Crippen LogP contribution in [0, 0.1) is 6.92 Å². The van der Waals surface area contributed by atoms with Crippen LogP contribution in [0.15, 0.2) is 24.5 Å². The van der Waals surface area contributed by atoms with Gasteiger partial charge in [-0.15, -0.1) is 0 Å². The molecule has 1 atom stereocenters. The van der Waals surface area contributed by atoms with Crippen molar-refractivity contribution in [2.75, 3.05) is 18.5 Å². The van der Waals surface area contributed by atoms with Crippen molar-refractivity contribution in [3.05, 3.63) is 41.5 Å². The van der Waals surface area contributed by atoms with Gasteiger partial charge in [0, 0.05) is 31.1 Å². The molecule has 0 radical (unpaired) electrons. The highest BCUT2D eigenvalue weighted by Gasteiger charge is 2.21. The lowest BCUT2D eigenvalue weighted by atomic mass is 10.1. The number of hydrogen-bond acceptors (Lipinski definition) is 4. The summed E-state index contributed by atoms with van der Waals surface area (Å²) in [6.07, 6.45) is 10.5. The van der Waals surface area contributed by atoms with Gasteiger partial charge in [0.25, 0.3) is 0 Å². The van der Waals surface area contributed by atoms with E-state index in [-0.39, 0.29) is 0 Å². The van der Waals surface area contributed by atoms with E-state index in [9.17, 15) is 0 Å². The zero-order valence-corrected chi connectivity index (χ0v) is 14.4. The number of aromatic nitrogens is 3. The molecule has 1 aliphatic carbocycles. The maximum absolute atomic E-state index is 5.47. The van der Waals surface area contributed by atoms with Crippen LogP contribution in [0.2, 0.25) is 0 Å². The fourth-order valence-corrected chi connectivity index (χ4v) is 3.94. The Balaban J connectivity index is 1.43. The fourth-order valence-electron chi connectivity index (χ4n) is 3.94. The zero-order chi connectivity index (χ0) is 16.4. The van der Waals surface area contributed by atoms with Gasteiger partial charge in [0.1, 0.15) is 0 Å². The Morgan fingerprint density at radius 2 is 2.00 bits per heavy atom. The third-order valence-electron chi connectivity index (χ3n) is 5.42. The first kappa shape index (κ1) is 15.6. The minimum absolute atomic E-state index is 0.483. The normalized spacial score (nSPS) is 22.0. The summed E-state index contributed by atoms with van der Waals surface area (Å²) in [7, 11) is 0. The third kappa shape index (κ3) is 3.18. The highest BCUT2D eigenvalue weighted by Crippen LogP contribution is 2.27. The van der Waals surface area contributed by atoms with E-state index in [4.69, 9.17) is 4.74 Å². The molecular formula is C19H26N4O. The van der Waals surface area contributed by atoms with Gasteiger partial charge in [-0.2, -0.15) is 5.10 Å². The molecule has 128 valence electrons. The second-order valence-corrected chi connectivity index (χ2v) is 6.96. The molecule has 2 aromatic rings. The molecule has 2 aliphatic rings. The lowest BCUT2D eigenvalue weighted by molar-refractivity contribution is 0.0657. The lowest BCUT2D eigenvalue weighted by Crippen LogP contribution is -2.22. The summed E-state index contributed by atoms with van der Waals surface area (Å²) in [6, 6.07) is 5.25. The summed E-state index contributed by atoms with van der Waals surface area (Å²) in [6.45, 7) is 3.87. The number of nitrogens with zero attached hydrogens (tertiary/aromatic N) is 3. The Labute approximate surface area is 143 Å². The first-order valence-electron chi connectivity index (χ1n) is 9.12. The molecule has 3 heterocycles. The summed E-state index contributed by atoms with van der Waals surface area (Å²) in [5.74, 6) is 0. The number of rotatable bonds is 3. The van der Waals surface area contributed by atoms with Crippen molar-refractivity contribution in [3.63, 3.8) is 0 Å². The van der Waals surface area contributed by atoms with Gasteiger partial charge < -0.3 is 10.1 Å². The SMILES string of the molecule is Cc1c(NC2CCc3cccnc3CC2)cnn1C1CCOCC1. The number of ether oxygens (including phenoxy) is 1. The molecule has 1 saturated heterocycles. The molecule has 5 nitrogen and oxygen atoms in total. The topological polar surface area (TPSA) is 52.0 Å². The molecule has 1 unspecified atom stereocenters. The highest BCUT2D eigenvalue weighted by atomic mass is 16.5. The van der Waals surface area contributed by atoms with E-state index in [2.05, 4.69) is 39.1 Å². The molecule has 24 heavy (non-hydrogen) atoms. The van der Waals surface area contributed by atoms with E-state index in [0.717, 1.165) is 51.7 Å². The summed E-state index contributed by atoms with van der Waals surface area (Å²) >= 11 is 0. The maximum atomic E-state index is 5.47. The van der Waals surface area contributed by atoms with Crippen LogP contribution in [-0.4, -0.2) is 34.0 Å². The van der Waals surface area contributed by atoms with Crippen LogP contribution in [0.25, 0.3) is 0 Å². The van der Waals surface area contributed by atoms with E-state index >= 15 is 0 Å². The Kier molecular flexibility index (Phi) is 4.52. The molecule has 0 bridgehead atoms. The molecule has 1 aliphatic heterocycles.